The number of nitrogens with zero attached hydrogens (tertiary/aromatic N) is 2. The van der Waals surface area contributed by atoms with Crippen molar-refractivity contribution in [3.8, 4) is 11.4 Å². The highest BCUT2D eigenvalue weighted by Gasteiger charge is 2.13. The first-order valence-electron chi connectivity index (χ1n) is 7.48. The number of aryl methyl sites for hydroxylation is 1. The van der Waals surface area contributed by atoms with Gasteiger partial charge in [-0.1, -0.05) is 11.6 Å². The molecule has 0 aliphatic rings. The molecule has 0 atom stereocenters. The number of carbonyl (C=O) groups is 1. The molecule has 0 saturated carbocycles. The first-order valence-corrected chi connectivity index (χ1v) is 7.86. The number of phenolic OH excluding ortho intramolecular Hbond substituents is 1. The molecule has 0 fully saturated rings. The number of hydrogen-bond donors (Lipinski definition) is 1. The first-order chi connectivity index (χ1) is 12.0. The van der Waals surface area contributed by atoms with E-state index < -0.39 is 0 Å². The summed E-state index contributed by atoms with van der Waals surface area (Å²) < 4.78 is 14.5. The predicted molar refractivity (Wildman–Crippen MR) is 94.7 cm³/mol. The van der Waals surface area contributed by atoms with E-state index in [2.05, 4.69) is 5.10 Å². The van der Waals surface area contributed by atoms with E-state index in [0.717, 1.165) is 0 Å². The van der Waals surface area contributed by atoms with E-state index in [1.165, 1.54) is 35.0 Å². The average molecular weight is 357 g/mol. The zero-order chi connectivity index (χ0) is 18.0. The van der Waals surface area contributed by atoms with Gasteiger partial charge in [0.1, 0.15) is 16.7 Å². The lowest BCUT2D eigenvalue weighted by Crippen LogP contribution is -1.96. The maximum absolute atomic E-state index is 13.1. The summed E-state index contributed by atoms with van der Waals surface area (Å²) in [4.78, 5) is 12.2. The molecule has 0 spiro atoms. The molecule has 0 amide bonds. The van der Waals surface area contributed by atoms with Gasteiger partial charge in [0.2, 0.25) is 0 Å². The topological polar surface area (TPSA) is 55.1 Å². The zero-order valence-corrected chi connectivity index (χ0v) is 14.0. The van der Waals surface area contributed by atoms with Crippen LogP contribution in [0.4, 0.5) is 4.39 Å². The van der Waals surface area contributed by atoms with Gasteiger partial charge in [0, 0.05) is 11.1 Å². The Morgan fingerprint density at radius 3 is 2.44 bits per heavy atom. The maximum atomic E-state index is 13.1. The van der Waals surface area contributed by atoms with E-state index in [9.17, 15) is 14.3 Å². The predicted octanol–water partition coefficient (Wildman–Crippen LogP) is 4.57. The largest absolute Gasteiger partial charge is 0.508 e. The van der Waals surface area contributed by atoms with Crippen LogP contribution < -0.4 is 0 Å². The monoisotopic (exact) mass is 356 g/mol. The maximum Gasteiger partial charge on any atom is 0.185 e. The van der Waals surface area contributed by atoms with Crippen LogP contribution >= 0.6 is 11.6 Å². The van der Waals surface area contributed by atoms with Crippen molar-refractivity contribution >= 4 is 23.5 Å². The van der Waals surface area contributed by atoms with E-state index in [1.807, 2.05) is 0 Å². The third-order valence-corrected chi connectivity index (χ3v) is 4.04. The second-order valence-electron chi connectivity index (χ2n) is 5.42. The van der Waals surface area contributed by atoms with Gasteiger partial charge in [-0.25, -0.2) is 9.07 Å². The van der Waals surface area contributed by atoms with Gasteiger partial charge >= 0.3 is 0 Å². The molecule has 0 aliphatic heterocycles. The van der Waals surface area contributed by atoms with Crippen molar-refractivity contribution in [2.45, 2.75) is 6.92 Å². The number of hydrogen-bond acceptors (Lipinski definition) is 3. The van der Waals surface area contributed by atoms with Gasteiger partial charge in [0.15, 0.2) is 5.78 Å². The van der Waals surface area contributed by atoms with Crippen molar-refractivity contribution in [2.75, 3.05) is 0 Å². The SMILES string of the molecule is Cc1nn(-c2ccc(F)cc2)c(Cl)c1/C=C/C(=O)c1ccc(O)cc1. The third kappa shape index (κ3) is 3.61. The summed E-state index contributed by atoms with van der Waals surface area (Å²) in [6, 6.07) is 11.8. The lowest BCUT2D eigenvalue weighted by Gasteiger charge is -2.02. The molecular weight excluding hydrogens is 343 g/mol. The van der Waals surface area contributed by atoms with Crippen LogP contribution in [0.25, 0.3) is 11.8 Å². The molecule has 2 aromatic carbocycles. The summed E-state index contributed by atoms with van der Waals surface area (Å²) in [6.45, 7) is 1.77. The van der Waals surface area contributed by atoms with Gasteiger partial charge in [-0.15, -0.1) is 0 Å². The molecule has 0 bridgehead atoms. The van der Waals surface area contributed by atoms with Crippen LogP contribution in [0.5, 0.6) is 5.75 Å². The average Bonchev–Trinajstić information content (AvgIpc) is 2.88. The van der Waals surface area contributed by atoms with Crippen LogP contribution in [-0.4, -0.2) is 20.7 Å². The van der Waals surface area contributed by atoms with E-state index >= 15 is 0 Å². The highest BCUT2D eigenvalue weighted by Crippen LogP contribution is 2.25. The lowest BCUT2D eigenvalue weighted by molar-refractivity contribution is 0.104. The van der Waals surface area contributed by atoms with Crippen molar-refractivity contribution in [1.82, 2.24) is 9.78 Å². The van der Waals surface area contributed by atoms with Gasteiger partial charge in [0.25, 0.3) is 0 Å². The molecule has 25 heavy (non-hydrogen) atoms. The Morgan fingerprint density at radius 2 is 1.80 bits per heavy atom. The van der Waals surface area contributed by atoms with E-state index in [0.29, 0.717) is 27.7 Å². The van der Waals surface area contributed by atoms with Crippen molar-refractivity contribution in [3.63, 3.8) is 0 Å². The fourth-order valence-electron chi connectivity index (χ4n) is 2.33. The Kier molecular flexibility index (Phi) is 4.67. The quantitative estimate of drug-likeness (QED) is 0.550. The Morgan fingerprint density at radius 1 is 1.16 bits per heavy atom. The van der Waals surface area contributed by atoms with Crippen LogP contribution in [-0.2, 0) is 0 Å². The van der Waals surface area contributed by atoms with Crippen molar-refractivity contribution < 1.29 is 14.3 Å². The minimum atomic E-state index is -0.344. The summed E-state index contributed by atoms with van der Waals surface area (Å²) >= 11 is 6.37. The number of rotatable bonds is 4. The molecule has 0 unspecified atom stereocenters. The Hall–Kier alpha value is -2.92. The fraction of sp³-hybridized carbons (Fsp3) is 0.0526. The highest BCUT2D eigenvalue weighted by atomic mass is 35.5. The van der Waals surface area contributed by atoms with Gasteiger partial charge < -0.3 is 5.11 Å². The van der Waals surface area contributed by atoms with Gasteiger partial charge in [-0.2, -0.15) is 5.10 Å². The summed E-state index contributed by atoms with van der Waals surface area (Å²) in [5.41, 5.74) is 2.33. The van der Waals surface area contributed by atoms with Gasteiger partial charge in [-0.05, 0) is 67.6 Å². The molecule has 4 nitrogen and oxygen atoms in total. The molecule has 0 aliphatic carbocycles. The molecule has 1 heterocycles. The summed E-state index contributed by atoms with van der Waals surface area (Å²) in [5, 5.41) is 13.9. The molecule has 0 radical (unpaired) electrons. The number of halogens is 2. The second-order valence-corrected chi connectivity index (χ2v) is 5.78. The summed E-state index contributed by atoms with van der Waals surface area (Å²) in [7, 11) is 0. The zero-order valence-electron chi connectivity index (χ0n) is 13.3. The number of benzene rings is 2. The van der Waals surface area contributed by atoms with E-state index in [1.54, 1.807) is 37.3 Å². The van der Waals surface area contributed by atoms with E-state index in [-0.39, 0.29) is 17.3 Å². The lowest BCUT2D eigenvalue weighted by atomic mass is 10.1. The molecule has 1 aromatic heterocycles. The van der Waals surface area contributed by atoms with Crippen molar-refractivity contribution in [1.29, 1.82) is 0 Å². The smallest absolute Gasteiger partial charge is 0.185 e. The molecule has 6 heteroatoms. The van der Waals surface area contributed by atoms with Crippen molar-refractivity contribution in [3.05, 3.63) is 82.4 Å². The number of carbonyl (C=O) groups excluding carboxylic acids is 1. The summed E-state index contributed by atoms with van der Waals surface area (Å²) in [5.74, 6) is -0.464. The van der Waals surface area contributed by atoms with Crippen LogP contribution in [0.2, 0.25) is 5.15 Å². The summed E-state index contributed by atoms with van der Waals surface area (Å²) in [6.07, 6.45) is 3.00. The molecular formula is C19H14ClFN2O2. The van der Waals surface area contributed by atoms with Crippen LogP contribution in [0.3, 0.4) is 0 Å². The second kappa shape index (κ2) is 6.91. The Balaban J connectivity index is 1.89. The Bertz CT molecular complexity index is 945. The molecule has 0 saturated heterocycles. The number of allylic oxidation sites excluding steroid dienone is 1. The third-order valence-electron chi connectivity index (χ3n) is 3.67. The standard InChI is InChI=1S/C19H14ClFN2O2/c1-12-17(10-11-18(25)13-2-8-16(24)9-3-13)19(20)23(22-12)15-6-4-14(21)5-7-15/h2-11,24H,1H3/b11-10+. The van der Waals surface area contributed by atoms with Crippen LogP contribution in [0, 0.1) is 12.7 Å². The molecule has 3 rings (SSSR count). The number of ketones is 1. The Labute approximate surface area is 148 Å². The van der Waals surface area contributed by atoms with Crippen LogP contribution in [0.1, 0.15) is 21.6 Å². The van der Waals surface area contributed by atoms with E-state index in [4.69, 9.17) is 11.6 Å². The number of aromatic nitrogens is 2. The normalized spacial score (nSPS) is 11.2. The van der Waals surface area contributed by atoms with Crippen molar-refractivity contribution in [2.24, 2.45) is 0 Å². The minimum absolute atomic E-state index is 0.0972. The minimum Gasteiger partial charge on any atom is -0.508 e. The molecule has 1 N–H and O–H groups in total. The van der Waals surface area contributed by atoms with Crippen LogP contribution in [0.15, 0.2) is 54.6 Å². The highest BCUT2D eigenvalue weighted by molar-refractivity contribution is 6.31. The van der Waals surface area contributed by atoms with Gasteiger partial charge in [-0.3, -0.25) is 4.79 Å². The molecule has 3 aromatic rings. The number of phenols is 1. The first kappa shape index (κ1) is 16.9. The number of aromatic hydroxyl groups is 1. The molecule has 126 valence electrons. The fourth-order valence-corrected chi connectivity index (χ4v) is 2.67. The van der Waals surface area contributed by atoms with Gasteiger partial charge in [0.05, 0.1) is 11.4 Å².